The fourth-order valence-electron chi connectivity index (χ4n) is 2.51. The summed E-state index contributed by atoms with van der Waals surface area (Å²) >= 11 is 0. The number of hydrogen-bond donors (Lipinski definition) is 2. The second-order valence-corrected chi connectivity index (χ2v) is 5.08. The molecule has 2 aromatic heterocycles. The van der Waals surface area contributed by atoms with Gasteiger partial charge in [0.25, 0.3) is 5.91 Å². The van der Waals surface area contributed by atoms with Gasteiger partial charge in [0, 0.05) is 36.8 Å². The van der Waals surface area contributed by atoms with Crippen LogP contribution in [0.2, 0.25) is 0 Å². The first-order chi connectivity index (χ1) is 11.2. The molecule has 120 valence electrons. The van der Waals surface area contributed by atoms with E-state index in [1.54, 1.807) is 19.4 Å². The second-order valence-electron chi connectivity index (χ2n) is 5.08. The van der Waals surface area contributed by atoms with Gasteiger partial charge in [0.15, 0.2) is 11.5 Å². The van der Waals surface area contributed by atoms with Crippen LogP contribution in [0.1, 0.15) is 28.6 Å². The van der Waals surface area contributed by atoms with Crippen molar-refractivity contribution in [2.75, 3.05) is 19.5 Å². The number of nitrogens with one attached hydrogen (secondary N) is 1. The molecule has 1 saturated heterocycles. The van der Waals surface area contributed by atoms with Crippen LogP contribution in [0.15, 0.2) is 30.7 Å². The lowest BCUT2D eigenvalue weighted by Crippen LogP contribution is -2.37. The molecule has 8 heteroatoms. The Bertz CT molecular complexity index is 692. The van der Waals surface area contributed by atoms with Crippen LogP contribution in [0.5, 0.6) is 5.88 Å². The highest BCUT2D eigenvalue weighted by molar-refractivity contribution is 5.96. The van der Waals surface area contributed by atoms with E-state index in [4.69, 9.17) is 15.2 Å². The van der Waals surface area contributed by atoms with Crippen LogP contribution in [-0.2, 0) is 4.74 Å². The van der Waals surface area contributed by atoms with Crippen molar-refractivity contribution in [3.63, 3.8) is 0 Å². The maximum atomic E-state index is 12.3. The first-order valence-corrected chi connectivity index (χ1v) is 7.18. The van der Waals surface area contributed by atoms with Crippen molar-refractivity contribution >= 4 is 11.7 Å². The molecular formula is C15H17N5O3. The van der Waals surface area contributed by atoms with Crippen LogP contribution in [0.3, 0.4) is 0 Å². The van der Waals surface area contributed by atoms with Gasteiger partial charge in [0.2, 0.25) is 5.88 Å². The molecule has 3 heterocycles. The smallest absolute Gasteiger partial charge is 0.274 e. The van der Waals surface area contributed by atoms with Crippen molar-refractivity contribution in [3.05, 3.63) is 42.0 Å². The Morgan fingerprint density at radius 1 is 1.35 bits per heavy atom. The molecule has 3 rings (SSSR count). The molecule has 0 radical (unpaired) electrons. The van der Waals surface area contributed by atoms with Gasteiger partial charge in [0.05, 0.1) is 13.2 Å². The molecule has 1 aliphatic heterocycles. The number of carbonyl (C=O) groups excluding carboxylic acids is 1. The summed E-state index contributed by atoms with van der Waals surface area (Å²) in [5.74, 6) is 0.267. The monoisotopic (exact) mass is 315 g/mol. The van der Waals surface area contributed by atoms with Gasteiger partial charge in [-0.25, -0.2) is 15.0 Å². The number of rotatable bonds is 4. The Hall–Kier alpha value is -2.74. The molecule has 23 heavy (non-hydrogen) atoms. The summed E-state index contributed by atoms with van der Waals surface area (Å²) in [4.78, 5) is 24.3. The zero-order valence-electron chi connectivity index (χ0n) is 12.6. The van der Waals surface area contributed by atoms with E-state index in [1.807, 2.05) is 6.07 Å². The number of ether oxygens (including phenoxy) is 2. The van der Waals surface area contributed by atoms with E-state index in [0.717, 1.165) is 5.56 Å². The maximum absolute atomic E-state index is 12.3. The Morgan fingerprint density at radius 2 is 2.17 bits per heavy atom. The highest BCUT2D eigenvalue weighted by atomic mass is 16.5. The fraction of sp³-hybridized carbons (Fsp3) is 0.333. The molecule has 0 bridgehead atoms. The maximum Gasteiger partial charge on any atom is 0.274 e. The van der Waals surface area contributed by atoms with Crippen LogP contribution < -0.4 is 15.8 Å². The van der Waals surface area contributed by atoms with E-state index in [2.05, 4.69) is 20.3 Å². The number of aromatic nitrogens is 3. The molecule has 8 nitrogen and oxygen atoms in total. The number of amides is 1. The van der Waals surface area contributed by atoms with Gasteiger partial charge in [-0.15, -0.1) is 0 Å². The van der Waals surface area contributed by atoms with Gasteiger partial charge < -0.3 is 20.5 Å². The number of nitrogen functional groups attached to an aromatic ring is 1. The number of nitrogens with zero attached hydrogens (tertiary/aromatic N) is 3. The largest absolute Gasteiger partial charge is 0.481 e. The van der Waals surface area contributed by atoms with Crippen LogP contribution in [0.4, 0.5) is 5.82 Å². The third kappa shape index (κ3) is 3.21. The number of hydrogen-bond acceptors (Lipinski definition) is 7. The van der Waals surface area contributed by atoms with Crippen molar-refractivity contribution in [2.24, 2.45) is 0 Å². The van der Waals surface area contributed by atoms with Crippen LogP contribution in [0.25, 0.3) is 0 Å². The summed E-state index contributed by atoms with van der Waals surface area (Å²) < 4.78 is 10.8. The molecule has 3 N–H and O–H groups in total. The van der Waals surface area contributed by atoms with Crippen LogP contribution in [-0.4, -0.2) is 40.6 Å². The van der Waals surface area contributed by atoms with Crippen LogP contribution >= 0.6 is 0 Å². The number of nitrogens with two attached hydrogens (primary N) is 1. The average Bonchev–Trinajstić information content (AvgIpc) is 3.03. The number of carbonyl (C=O) groups is 1. The highest BCUT2D eigenvalue weighted by Crippen LogP contribution is 2.29. The Labute approximate surface area is 133 Å². The molecule has 2 atom stereocenters. The average molecular weight is 315 g/mol. The standard InChI is InChI=1S/C15H17N5O3/c1-22-11-3-2-9(8-19-11)13-10(4-7-23-13)20-15(21)12-14(16)18-6-5-17-12/h2-3,5-6,8,10,13H,4,7H2,1H3,(H2,16,18)(H,20,21)/t10-,13+/m0/s1. The Kier molecular flexibility index (Phi) is 4.33. The predicted molar refractivity (Wildman–Crippen MR) is 81.8 cm³/mol. The van der Waals surface area contributed by atoms with E-state index in [1.165, 1.54) is 12.4 Å². The first kappa shape index (κ1) is 15.2. The fourth-order valence-corrected chi connectivity index (χ4v) is 2.51. The molecule has 1 amide bonds. The van der Waals surface area contributed by atoms with Crippen molar-refractivity contribution in [2.45, 2.75) is 18.6 Å². The van der Waals surface area contributed by atoms with E-state index >= 15 is 0 Å². The summed E-state index contributed by atoms with van der Waals surface area (Å²) in [5, 5.41) is 2.91. The minimum atomic E-state index is -0.363. The lowest BCUT2D eigenvalue weighted by molar-refractivity contribution is 0.0817. The molecule has 2 aromatic rings. The van der Waals surface area contributed by atoms with Crippen LogP contribution in [0, 0.1) is 0 Å². The minimum Gasteiger partial charge on any atom is -0.481 e. The summed E-state index contributed by atoms with van der Waals surface area (Å²) in [6, 6.07) is 3.45. The van der Waals surface area contributed by atoms with E-state index < -0.39 is 0 Å². The zero-order chi connectivity index (χ0) is 16.2. The Balaban J connectivity index is 1.74. The second kappa shape index (κ2) is 6.57. The highest BCUT2D eigenvalue weighted by Gasteiger charge is 2.32. The molecule has 0 aromatic carbocycles. The minimum absolute atomic E-state index is 0.103. The molecule has 1 aliphatic rings. The van der Waals surface area contributed by atoms with Gasteiger partial charge in [-0.2, -0.15) is 0 Å². The number of anilines is 1. The summed E-state index contributed by atoms with van der Waals surface area (Å²) in [6.45, 7) is 0.553. The lowest BCUT2D eigenvalue weighted by Gasteiger charge is -2.20. The number of methoxy groups -OCH3 is 1. The molecule has 0 saturated carbocycles. The van der Waals surface area contributed by atoms with Gasteiger partial charge in [0.1, 0.15) is 6.10 Å². The SMILES string of the molecule is COc1ccc([C@H]2OCC[C@@H]2NC(=O)c2nccnc2N)cn1. The predicted octanol–water partition coefficient (Wildman–Crippen LogP) is 0.722. The van der Waals surface area contributed by atoms with Crippen molar-refractivity contribution in [1.29, 1.82) is 0 Å². The van der Waals surface area contributed by atoms with Gasteiger partial charge in [-0.1, -0.05) is 0 Å². The zero-order valence-corrected chi connectivity index (χ0v) is 12.6. The van der Waals surface area contributed by atoms with Crippen molar-refractivity contribution in [3.8, 4) is 5.88 Å². The third-order valence-corrected chi connectivity index (χ3v) is 3.65. The molecule has 1 fully saturated rings. The normalized spacial score (nSPS) is 20.2. The molecule has 0 aliphatic carbocycles. The van der Waals surface area contributed by atoms with E-state index in [9.17, 15) is 4.79 Å². The van der Waals surface area contributed by atoms with E-state index in [0.29, 0.717) is 18.9 Å². The molecule has 0 spiro atoms. The summed E-state index contributed by atoms with van der Waals surface area (Å²) in [6.07, 6.45) is 4.99. The van der Waals surface area contributed by atoms with Crippen molar-refractivity contribution < 1.29 is 14.3 Å². The van der Waals surface area contributed by atoms with Gasteiger partial charge in [-0.05, 0) is 12.5 Å². The third-order valence-electron chi connectivity index (χ3n) is 3.65. The summed E-state index contributed by atoms with van der Waals surface area (Å²) in [7, 11) is 1.56. The van der Waals surface area contributed by atoms with Crippen molar-refractivity contribution in [1.82, 2.24) is 20.3 Å². The van der Waals surface area contributed by atoms with Gasteiger partial charge >= 0.3 is 0 Å². The van der Waals surface area contributed by atoms with Gasteiger partial charge in [-0.3, -0.25) is 4.79 Å². The quantitative estimate of drug-likeness (QED) is 0.855. The topological polar surface area (TPSA) is 112 Å². The molecule has 0 unspecified atom stereocenters. The lowest BCUT2D eigenvalue weighted by atomic mass is 10.0. The summed E-state index contributed by atoms with van der Waals surface area (Å²) in [5.41, 5.74) is 6.68. The van der Waals surface area contributed by atoms with E-state index in [-0.39, 0.29) is 29.6 Å². The molecular weight excluding hydrogens is 298 g/mol. The first-order valence-electron chi connectivity index (χ1n) is 7.18. The Morgan fingerprint density at radius 3 is 2.87 bits per heavy atom. The number of pyridine rings is 1.